The maximum atomic E-state index is 12.5. The van der Waals surface area contributed by atoms with Crippen LogP contribution in [0.15, 0.2) is 53.4 Å². The molecule has 0 radical (unpaired) electrons. The summed E-state index contributed by atoms with van der Waals surface area (Å²) in [6.07, 6.45) is -4.43. The Hall–Kier alpha value is -1.90. The van der Waals surface area contributed by atoms with Gasteiger partial charge in [-0.25, -0.2) is 13.1 Å². The van der Waals surface area contributed by atoms with Gasteiger partial charge in [0, 0.05) is 6.54 Å². The van der Waals surface area contributed by atoms with Gasteiger partial charge in [0.05, 0.1) is 17.1 Å². The van der Waals surface area contributed by atoms with Gasteiger partial charge in [-0.1, -0.05) is 30.3 Å². The van der Waals surface area contributed by atoms with Crippen molar-refractivity contribution in [1.29, 1.82) is 0 Å². The van der Waals surface area contributed by atoms with Crippen molar-refractivity contribution >= 4 is 10.0 Å². The van der Waals surface area contributed by atoms with Gasteiger partial charge in [-0.05, 0) is 29.3 Å². The van der Waals surface area contributed by atoms with Crippen LogP contribution < -0.4 is 4.72 Å². The van der Waals surface area contributed by atoms with Gasteiger partial charge >= 0.3 is 6.18 Å². The Kier molecular flexibility index (Phi) is 5.08. The molecule has 0 saturated carbocycles. The summed E-state index contributed by atoms with van der Waals surface area (Å²) in [7, 11) is -3.87. The largest absolute Gasteiger partial charge is 0.416 e. The highest BCUT2D eigenvalue weighted by atomic mass is 32.2. The lowest BCUT2D eigenvalue weighted by atomic mass is 10.1. The molecule has 2 aromatic rings. The highest BCUT2D eigenvalue weighted by Gasteiger charge is 2.30. The van der Waals surface area contributed by atoms with E-state index in [-0.39, 0.29) is 17.0 Å². The monoisotopic (exact) mass is 345 g/mol. The molecule has 0 aliphatic carbocycles. The Labute approximate surface area is 131 Å². The molecule has 2 rings (SSSR count). The molecule has 0 atom stereocenters. The van der Waals surface area contributed by atoms with E-state index in [1.807, 2.05) is 0 Å². The van der Waals surface area contributed by atoms with Gasteiger partial charge in [0.15, 0.2) is 0 Å². The maximum Gasteiger partial charge on any atom is 0.416 e. The number of hydrogen-bond donors (Lipinski definition) is 2. The first kappa shape index (κ1) is 17.5. The maximum absolute atomic E-state index is 12.5. The summed E-state index contributed by atoms with van der Waals surface area (Å²) in [5.74, 6) is 0. The molecule has 124 valence electrons. The standard InChI is InChI=1S/C15H14F3NO3S/c16-15(17,18)13-7-5-11(6-8-13)9-19-23(21,22)14-4-2-1-3-12(14)10-20/h1-8,19-20H,9-10H2. The predicted molar refractivity (Wildman–Crippen MR) is 77.8 cm³/mol. The van der Waals surface area contributed by atoms with Crippen LogP contribution in [-0.2, 0) is 29.4 Å². The number of rotatable bonds is 5. The summed E-state index contributed by atoms with van der Waals surface area (Å²) in [6.45, 7) is -0.586. The van der Waals surface area contributed by atoms with Crippen molar-refractivity contribution in [3.63, 3.8) is 0 Å². The second-order valence-electron chi connectivity index (χ2n) is 4.79. The van der Waals surface area contributed by atoms with E-state index in [9.17, 15) is 26.7 Å². The topological polar surface area (TPSA) is 66.4 Å². The van der Waals surface area contributed by atoms with E-state index in [1.54, 1.807) is 6.07 Å². The summed E-state index contributed by atoms with van der Waals surface area (Å²) < 4.78 is 64.1. The molecule has 23 heavy (non-hydrogen) atoms. The number of hydrogen-bond acceptors (Lipinski definition) is 3. The van der Waals surface area contributed by atoms with Gasteiger partial charge in [-0.3, -0.25) is 0 Å². The van der Waals surface area contributed by atoms with E-state index in [0.717, 1.165) is 12.1 Å². The first-order valence-corrected chi connectivity index (χ1v) is 8.07. The van der Waals surface area contributed by atoms with E-state index >= 15 is 0 Å². The van der Waals surface area contributed by atoms with E-state index in [4.69, 9.17) is 0 Å². The van der Waals surface area contributed by atoms with Crippen LogP contribution in [0.2, 0.25) is 0 Å². The average Bonchev–Trinajstić information content (AvgIpc) is 2.52. The van der Waals surface area contributed by atoms with Crippen molar-refractivity contribution in [2.24, 2.45) is 0 Å². The quantitative estimate of drug-likeness (QED) is 0.876. The molecule has 0 fully saturated rings. The first-order chi connectivity index (χ1) is 10.7. The highest BCUT2D eigenvalue weighted by Crippen LogP contribution is 2.29. The fraction of sp³-hybridized carbons (Fsp3) is 0.200. The molecule has 8 heteroatoms. The Morgan fingerprint density at radius 1 is 1.00 bits per heavy atom. The van der Waals surface area contributed by atoms with Crippen molar-refractivity contribution in [2.45, 2.75) is 24.2 Å². The zero-order valence-corrected chi connectivity index (χ0v) is 12.7. The van der Waals surface area contributed by atoms with Crippen molar-refractivity contribution in [3.8, 4) is 0 Å². The van der Waals surface area contributed by atoms with Crippen LogP contribution in [0.3, 0.4) is 0 Å². The molecular weight excluding hydrogens is 331 g/mol. The molecule has 0 aliphatic rings. The van der Waals surface area contributed by atoms with Crippen molar-refractivity contribution < 1.29 is 26.7 Å². The van der Waals surface area contributed by atoms with Crippen LogP contribution in [0.5, 0.6) is 0 Å². The highest BCUT2D eigenvalue weighted by molar-refractivity contribution is 7.89. The van der Waals surface area contributed by atoms with Crippen LogP contribution in [0.4, 0.5) is 13.2 Å². The third-order valence-corrected chi connectivity index (χ3v) is 4.68. The molecule has 0 unspecified atom stereocenters. The molecule has 0 amide bonds. The molecular formula is C15H14F3NO3S. The van der Waals surface area contributed by atoms with Crippen molar-refractivity contribution in [2.75, 3.05) is 0 Å². The average molecular weight is 345 g/mol. The fourth-order valence-corrected chi connectivity index (χ4v) is 3.21. The van der Waals surface area contributed by atoms with Crippen LogP contribution in [0.1, 0.15) is 16.7 Å². The zero-order valence-electron chi connectivity index (χ0n) is 11.8. The predicted octanol–water partition coefficient (Wildman–Crippen LogP) is 2.68. The summed E-state index contributed by atoms with van der Waals surface area (Å²) >= 11 is 0. The second kappa shape index (κ2) is 6.69. The fourth-order valence-electron chi connectivity index (χ4n) is 1.96. The number of alkyl halides is 3. The van der Waals surface area contributed by atoms with Gasteiger partial charge in [0.25, 0.3) is 0 Å². The Morgan fingerprint density at radius 2 is 1.61 bits per heavy atom. The first-order valence-electron chi connectivity index (χ1n) is 6.58. The minimum Gasteiger partial charge on any atom is -0.392 e. The molecule has 2 aromatic carbocycles. The molecule has 0 heterocycles. The number of halogens is 3. The molecule has 0 saturated heterocycles. The van der Waals surface area contributed by atoms with Gasteiger partial charge in [0.1, 0.15) is 0 Å². The number of benzene rings is 2. The van der Waals surface area contributed by atoms with Crippen molar-refractivity contribution in [3.05, 3.63) is 65.2 Å². The lowest BCUT2D eigenvalue weighted by Gasteiger charge is -2.11. The minimum atomic E-state index is -4.43. The summed E-state index contributed by atoms with van der Waals surface area (Å²) in [5, 5.41) is 9.18. The SMILES string of the molecule is O=S(=O)(NCc1ccc(C(F)(F)F)cc1)c1ccccc1CO. The van der Waals surface area contributed by atoms with Gasteiger partial charge in [-0.15, -0.1) is 0 Å². The minimum absolute atomic E-state index is 0.0607. The summed E-state index contributed by atoms with van der Waals surface area (Å²) in [6, 6.07) is 10.2. The van der Waals surface area contributed by atoms with Crippen LogP contribution >= 0.6 is 0 Å². The number of aliphatic hydroxyl groups excluding tert-OH is 1. The lowest BCUT2D eigenvalue weighted by Crippen LogP contribution is -2.24. The number of nitrogens with one attached hydrogen (secondary N) is 1. The molecule has 4 nitrogen and oxygen atoms in total. The molecule has 0 aromatic heterocycles. The third-order valence-electron chi connectivity index (χ3n) is 3.18. The van der Waals surface area contributed by atoms with Gasteiger partial charge in [-0.2, -0.15) is 13.2 Å². The van der Waals surface area contributed by atoms with E-state index in [2.05, 4.69) is 4.72 Å². The molecule has 0 spiro atoms. The van der Waals surface area contributed by atoms with Crippen LogP contribution in [0.25, 0.3) is 0 Å². The third kappa shape index (κ3) is 4.31. The van der Waals surface area contributed by atoms with Gasteiger partial charge in [0.2, 0.25) is 10.0 Å². The lowest BCUT2D eigenvalue weighted by molar-refractivity contribution is -0.137. The summed E-state index contributed by atoms with van der Waals surface area (Å²) in [4.78, 5) is -0.0607. The number of sulfonamides is 1. The van der Waals surface area contributed by atoms with E-state index in [0.29, 0.717) is 5.56 Å². The molecule has 2 N–H and O–H groups in total. The van der Waals surface area contributed by atoms with E-state index < -0.39 is 28.4 Å². The van der Waals surface area contributed by atoms with Crippen molar-refractivity contribution in [1.82, 2.24) is 4.72 Å². The number of aliphatic hydroxyl groups is 1. The summed E-state index contributed by atoms with van der Waals surface area (Å²) in [5.41, 5.74) is -0.162. The Morgan fingerprint density at radius 3 is 2.17 bits per heavy atom. The molecule has 0 bridgehead atoms. The van der Waals surface area contributed by atoms with E-state index in [1.165, 1.54) is 30.3 Å². The van der Waals surface area contributed by atoms with Crippen LogP contribution in [0, 0.1) is 0 Å². The molecule has 0 aliphatic heterocycles. The zero-order chi connectivity index (χ0) is 17.1. The van der Waals surface area contributed by atoms with Gasteiger partial charge < -0.3 is 5.11 Å². The normalized spacial score (nSPS) is 12.3. The Bertz CT molecular complexity index is 771. The smallest absolute Gasteiger partial charge is 0.392 e. The second-order valence-corrected chi connectivity index (χ2v) is 6.52. The Balaban J connectivity index is 2.13. The van der Waals surface area contributed by atoms with Crippen LogP contribution in [-0.4, -0.2) is 13.5 Å².